The van der Waals surface area contributed by atoms with Crippen LogP contribution in [0.3, 0.4) is 0 Å². The van der Waals surface area contributed by atoms with Gasteiger partial charge in [-0.05, 0) is 58.4 Å². The molecule has 1 atom stereocenters. The summed E-state index contributed by atoms with van der Waals surface area (Å²) in [5.74, 6) is 1.52. The van der Waals surface area contributed by atoms with Crippen LogP contribution in [0.25, 0.3) is 0 Å². The Hall–Kier alpha value is -2.24. The molecule has 1 saturated heterocycles. The van der Waals surface area contributed by atoms with E-state index in [2.05, 4.69) is 0 Å². The maximum Gasteiger partial charge on any atom is 0.410 e. The topological polar surface area (TPSA) is 59.1 Å². The number of hydrogen-bond acceptors (Lipinski definition) is 4. The third kappa shape index (κ3) is 5.64. The van der Waals surface area contributed by atoms with E-state index in [9.17, 15) is 9.59 Å². The van der Waals surface area contributed by atoms with E-state index in [1.54, 1.807) is 11.9 Å². The predicted octanol–water partition coefficient (Wildman–Crippen LogP) is 4.05. The van der Waals surface area contributed by atoms with Crippen molar-refractivity contribution >= 4 is 12.0 Å². The van der Waals surface area contributed by atoms with E-state index in [-0.39, 0.29) is 17.9 Å². The van der Waals surface area contributed by atoms with Crippen LogP contribution in [0.5, 0.6) is 5.75 Å². The van der Waals surface area contributed by atoms with Crippen molar-refractivity contribution in [2.75, 3.05) is 33.3 Å². The molecule has 0 spiro atoms. The highest BCUT2D eigenvalue weighted by atomic mass is 16.6. The Kier molecular flexibility index (Phi) is 6.70. The van der Waals surface area contributed by atoms with E-state index in [0.29, 0.717) is 19.1 Å². The van der Waals surface area contributed by atoms with Crippen LogP contribution in [0.2, 0.25) is 0 Å². The lowest BCUT2D eigenvalue weighted by Crippen LogP contribution is -2.42. The molecular formula is C23H34N2O4. The minimum absolute atomic E-state index is 0.0881. The third-order valence-corrected chi connectivity index (χ3v) is 5.76. The van der Waals surface area contributed by atoms with Crippen molar-refractivity contribution < 1.29 is 19.1 Å². The monoisotopic (exact) mass is 402 g/mol. The van der Waals surface area contributed by atoms with Crippen LogP contribution in [-0.4, -0.2) is 60.7 Å². The lowest BCUT2D eigenvalue weighted by Gasteiger charge is -2.36. The Labute approximate surface area is 174 Å². The molecule has 1 aromatic carbocycles. The molecule has 1 aromatic rings. The number of piperidine rings is 1. The zero-order chi connectivity index (χ0) is 21.0. The van der Waals surface area contributed by atoms with Gasteiger partial charge < -0.3 is 19.3 Å². The molecule has 6 heteroatoms. The number of likely N-dealkylation sites (tertiary alicyclic amines) is 1. The fraction of sp³-hybridized carbons (Fsp3) is 0.652. The van der Waals surface area contributed by atoms with Crippen molar-refractivity contribution in [1.29, 1.82) is 0 Å². The summed E-state index contributed by atoms with van der Waals surface area (Å²) in [5, 5.41) is 0. The van der Waals surface area contributed by atoms with Gasteiger partial charge in [-0.1, -0.05) is 18.2 Å². The molecule has 0 aliphatic carbocycles. The van der Waals surface area contributed by atoms with Gasteiger partial charge >= 0.3 is 6.09 Å². The molecule has 29 heavy (non-hydrogen) atoms. The molecular weight excluding hydrogens is 368 g/mol. The number of carbonyl (C=O) groups excluding carboxylic acids is 2. The minimum Gasteiger partial charge on any atom is -0.493 e. The van der Waals surface area contributed by atoms with Gasteiger partial charge in [0.1, 0.15) is 11.4 Å². The quantitative estimate of drug-likeness (QED) is 0.762. The first-order valence-corrected chi connectivity index (χ1v) is 10.7. The fourth-order valence-electron chi connectivity index (χ4n) is 4.07. The Balaban J connectivity index is 1.46. The number of fused-ring (bicyclic) bond motifs is 1. The van der Waals surface area contributed by atoms with E-state index in [1.165, 1.54) is 0 Å². The van der Waals surface area contributed by atoms with Crippen molar-refractivity contribution in [3.05, 3.63) is 29.8 Å². The van der Waals surface area contributed by atoms with Gasteiger partial charge in [0.25, 0.3) is 0 Å². The molecule has 0 aromatic heterocycles. The molecule has 1 unspecified atom stereocenters. The van der Waals surface area contributed by atoms with Crippen LogP contribution in [0.15, 0.2) is 24.3 Å². The Morgan fingerprint density at radius 1 is 1.17 bits per heavy atom. The van der Waals surface area contributed by atoms with Crippen LogP contribution in [0.4, 0.5) is 4.79 Å². The van der Waals surface area contributed by atoms with Crippen LogP contribution >= 0.6 is 0 Å². The summed E-state index contributed by atoms with van der Waals surface area (Å²) in [4.78, 5) is 28.9. The van der Waals surface area contributed by atoms with Gasteiger partial charge in [-0.15, -0.1) is 0 Å². The zero-order valence-electron chi connectivity index (χ0n) is 18.1. The average Bonchev–Trinajstić information content (AvgIpc) is 2.70. The second kappa shape index (κ2) is 9.06. The van der Waals surface area contributed by atoms with Crippen molar-refractivity contribution in [2.24, 2.45) is 5.92 Å². The van der Waals surface area contributed by atoms with E-state index in [4.69, 9.17) is 9.47 Å². The predicted molar refractivity (Wildman–Crippen MR) is 112 cm³/mol. The van der Waals surface area contributed by atoms with Gasteiger partial charge in [0.2, 0.25) is 5.91 Å². The standard InChI is InChI=1S/C23H34N2O4/c1-23(2,3)29-22(27)24(4)13-9-17-10-14-25(15-11-17)21(26)19-12-16-28-20-8-6-5-7-18(19)20/h5-8,17,19H,9-16H2,1-4H3. The molecule has 0 bridgehead atoms. The highest BCUT2D eigenvalue weighted by Gasteiger charge is 2.33. The summed E-state index contributed by atoms with van der Waals surface area (Å²) in [7, 11) is 1.79. The van der Waals surface area contributed by atoms with Crippen LogP contribution in [-0.2, 0) is 9.53 Å². The molecule has 0 saturated carbocycles. The molecule has 3 rings (SSSR count). The summed E-state index contributed by atoms with van der Waals surface area (Å²) < 4.78 is 11.1. The van der Waals surface area contributed by atoms with E-state index in [0.717, 1.165) is 50.1 Å². The summed E-state index contributed by atoms with van der Waals surface area (Å²) in [6, 6.07) is 7.88. The first-order chi connectivity index (χ1) is 13.7. The van der Waals surface area contributed by atoms with Crippen molar-refractivity contribution in [3.8, 4) is 5.75 Å². The molecule has 6 nitrogen and oxygen atoms in total. The van der Waals surface area contributed by atoms with E-state index in [1.807, 2.05) is 49.9 Å². The summed E-state index contributed by atoms with van der Waals surface area (Å²) in [6.45, 7) is 8.49. The van der Waals surface area contributed by atoms with E-state index < -0.39 is 5.60 Å². The molecule has 2 heterocycles. The third-order valence-electron chi connectivity index (χ3n) is 5.76. The van der Waals surface area contributed by atoms with Gasteiger partial charge in [0, 0.05) is 32.2 Å². The Bertz CT molecular complexity index is 720. The minimum atomic E-state index is -0.472. The van der Waals surface area contributed by atoms with Crippen molar-refractivity contribution in [3.63, 3.8) is 0 Å². The van der Waals surface area contributed by atoms with Crippen molar-refractivity contribution in [2.45, 2.75) is 58.0 Å². The van der Waals surface area contributed by atoms with Gasteiger partial charge in [-0.2, -0.15) is 0 Å². The summed E-state index contributed by atoms with van der Waals surface area (Å²) in [5.41, 5.74) is 0.546. The lowest BCUT2D eigenvalue weighted by atomic mass is 9.89. The molecule has 2 aliphatic heterocycles. The van der Waals surface area contributed by atoms with E-state index >= 15 is 0 Å². The number of nitrogens with zero attached hydrogens (tertiary/aromatic N) is 2. The van der Waals surface area contributed by atoms with Gasteiger partial charge in [0.05, 0.1) is 12.5 Å². The summed E-state index contributed by atoms with van der Waals surface area (Å²) in [6.07, 6.45) is 3.38. The number of carbonyl (C=O) groups is 2. The lowest BCUT2D eigenvalue weighted by molar-refractivity contribution is -0.135. The smallest absolute Gasteiger partial charge is 0.410 e. The average molecular weight is 403 g/mol. The SMILES string of the molecule is CN(CCC1CCN(C(=O)C2CCOc3ccccc32)CC1)C(=O)OC(C)(C)C. The zero-order valence-corrected chi connectivity index (χ0v) is 18.1. The normalized spacial score (nSPS) is 19.9. The molecule has 0 radical (unpaired) electrons. The summed E-state index contributed by atoms with van der Waals surface area (Å²) >= 11 is 0. The van der Waals surface area contributed by atoms with Gasteiger partial charge in [0.15, 0.2) is 0 Å². The van der Waals surface area contributed by atoms with Gasteiger partial charge in [-0.25, -0.2) is 4.79 Å². The number of para-hydroxylation sites is 1. The number of amides is 2. The number of benzene rings is 1. The highest BCUT2D eigenvalue weighted by molar-refractivity contribution is 5.85. The van der Waals surface area contributed by atoms with Crippen LogP contribution < -0.4 is 4.74 Å². The van der Waals surface area contributed by atoms with Crippen LogP contribution in [0.1, 0.15) is 57.9 Å². The molecule has 2 aliphatic rings. The molecule has 160 valence electrons. The first-order valence-electron chi connectivity index (χ1n) is 10.7. The maximum atomic E-state index is 13.1. The maximum absolute atomic E-state index is 13.1. The van der Waals surface area contributed by atoms with Crippen LogP contribution in [0, 0.1) is 5.92 Å². The molecule has 1 fully saturated rings. The Morgan fingerprint density at radius 2 is 1.86 bits per heavy atom. The van der Waals surface area contributed by atoms with Crippen molar-refractivity contribution in [1.82, 2.24) is 9.80 Å². The number of hydrogen-bond donors (Lipinski definition) is 0. The molecule has 2 amide bonds. The largest absolute Gasteiger partial charge is 0.493 e. The number of rotatable bonds is 4. The second-order valence-corrected chi connectivity index (χ2v) is 9.19. The Morgan fingerprint density at radius 3 is 2.55 bits per heavy atom. The fourth-order valence-corrected chi connectivity index (χ4v) is 4.07. The highest BCUT2D eigenvalue weighted by Crippen LogP contribution is 2.35. The van der Waals surface area contributed by atoms with Gasteiger partial charge in [-0.3, -0.25) is 4.79 Å². The molecule has 0 N–H and O–H groups in total. The second-order valence-electron chi connectivity index (χ2n) is 9.19. The first kappa shape index (κ1) is 21.5. The number of ether oxygens (including phenoxy) is 2.